The minimum absolute atomic E-state index is 0.525. The Morgan fingerprint density at radius 1 is 1.31 bits per heavy atom. The van der Waals surface area contributed by atoms with Crippen molar-refractivity contribution >= 4 is 22.5 Å². The molecule has 0 spiro atoms. The molecule has 0 saturated heterocycles. The molecule has 3 nitrogen and oxygen atoms in total. The zero-order valence-electron chi connectivity index (χ0n) is 9.20. The van der Waals surface area contributed by atoms with Crippen molar-refractivity contribution in [1.29, 1.82) is 0 Å². The minimum Gasteiger partial charge on any atom is -0.330 e. The molecule has 0 atom stereocenters. The maximum Gasteiger partial charge on any atom is 0.140 e. The Labute approximate surface area is 99.7 Å². The molecule has 1 heterocycles. The Hall–Kier alpha value is -1.19. The van der Waals surface area contributed by atoms with Gasteiger partial charge in [0.25, 0.3) is 0 Å². The van der Waals surface area contributed by atoms with Crippen LogP contribution in [0.2, 0.25) is 5.15 Å². The predicted molar refractivity (Wildman–Crippen MR) is 66.7 cm³/mol. The van der Waals surface area contributed by atoms with Gasteiger partial charge in [0, 0.05) is 11.8 Å². The summed E-state index contributed by atoms with van der Waals surface area (Å²) in [5, 5.41) is 1.43. The second-order valence-electron chi connectivity index (χ2n) is 3.84. The van der Waals surface area contributed by atoms with E-state index in [1.54, 1.807) is 0 Å². The molecule has 0 aliphatic carbocycles. The first-order valence-electron chi connectivity index (χ1n) is 5.33. The number of hydrogen-bond donors (Lipinski definition) is 1. The van der Waals surface area contributed by atoms with Gasteiger partial charge in [-0.3, -0.25) is 0 Å². The number of aryl methyl sites for hydroxylation is 2. The topological polar surface area (TPSA) is 51.8 Å². The van der Waals surface area contributed by atoms with Crippen molar-refractivity contribution in [3.8, 4) is 0 Å². The SMILES string of the molecule is Cc1ccc2c(Cl)nc(CCCN)nc2c1. The molecule has 1 aromatic carbocycles. The zero-order valence-corrected chi connectivity index (χ0v) is 9.96. The Kier molecular flexibility index (Phi) is 3.36. The molecule has 0 amide bonds. The van der Waals surface area contributed by atoms with Gasteiger partial charge in [0.2, 0.25) is 0 Å². The summed E-state index contributed by atoms with van der Waals surface area (Å²) in [6.07, 6.45) is 1.66. The van der Waals surface area contributed by atoms with Crippen LogP contribution in [0, 0.1) is 6.92 Å². The molecule has 2 aromatic rings. The first-order chi connectivity index (χ1) is 7.70. The lowest BCUT2D eigenvalue weighted by Gasteiger charge is -2.04. The summed E-state index contributed by atoms with van der Waals surface area (Å²) >= 11 is 6.11. The molecule has 84 valence electrons. The van der Waals surface area contributed by atoms with Crippen molar-refractivity contribution in [2.75, 3.05) is 6.54 Å². The van der Waals surface area contributed by atoms with Crippen LogP contribution in [0.25, 0.3) is 10.9 Å². The maximum atomic E-state index is 6.11. The van der Waals surface area contributed by atoms with Gasteiger partial charge in [0.15, 0.2) is 0 Å². The molecular weight excluding hydrogens is 222 g/mol. The maximum absolute atomic E-state index is 6.11. The normalized spacial score (nSPS) is 10.9. The third-order valence-corrected chi connectivity index (χ3v) is 2.74. The van der Waals surface area contributed by atoms with Crippen molar-refractivity contribution in [3.63, 3.8) is 0 Å². The Morgan fingerprint density at radius 3 is 2.88 bits per heavy atom. The molecule has 2 rings (SSSR count). The van der Waals surface area contributed by atoms with E-state index in [-0.39, 0.29) is 0 Å². The average Bonchev–Trinajstić information content (AvgIpc) is 2.25. The van der Waals surface area contributed by atoms with Gasteiger partial charge in [-0.05, 0) is 37.6 Å². The van der Waals surface area contributed by atoms with E-state index < -0.39 is 0 Å². The van der Waals surface area contributed by atoms with Crippen LogP contribution < -0.4 is 5.73 Å². The molecule has 2 N–H and O–H groups in total. The van der Waals surface area contributed by atoms with E-state index in [9.17, 15) is 0 Å². The summed E-state index contributed by atoms with van der Waals surface area (Å²) < 4.78 is 0. The van der Waals surface area contributed by atoms with Crippen LogP contribution in [0.5, 0.6) is 0 Å². The standard InChI is InChI=1S/C12H14ClN3/c1-8-4-5-9-10(7-8)15-11(3-2-6-14)16-12(9)13/h4-5,7H,2-3,6,14H2,1H3. The molecular formula is C12H14ClN3. The van der Waals surface area contributed by atoms with Gasteiger partial charge in [-0.15, -0.1) is 0 Å². The highest BCUT2D eigenvalue weighted by molar-refractivity contribution is 6.34. The number of nitrogens with two attached hydrogens (primary N) is 1. The van der Waals surface area contributed by atoms with Crippen molar-refractivity contribution in [2.24, 2.45) is 5.73 Å². The quantitative estimate of drug-likeness (QED) is 0.832. The van der Waals surface area contributed by atoms with Crippen molar-refractivity contribution in [2.45, 2.75) is 19.8 Å². The molecule has 16 heavy (non-hydrogen) atoms. The van der Waals surface area contributed by atoms with Crippen LogP contribution >= 0.6 is 11.6 Å². The summed E-state index contributed by atoms with van der Waals surface area (Å²) in [5.74, 6) is 0.772. The van der Waals surface area contributed by atoms with Gasteiger partial charge in [0.1, 0.15) is 11.0 Å². The fourth-order valence-electron chi connectivity index (χ4n) is 1.62. The van der Waals surface area contributed by atoms with Gasteiger partial charge in [-0.25, -0.2) is 9.97 Å². The third-order valence-electron chi connectivity index (χ3n) is 2.46. The molecule has 0 saturated carbocycles. The van der Waals surface area contributed by atoms with Crippen molar-refractivity contribution < 1.29 is 0 Å². The molecule has 4 heteroatoms. The first-order valence-corrected chi connectivity index (χ1v) is 5.71. The number of nitrogens with zero attached hydrogens (tertiary/aromatic N) is 2. The van der Waals surface area contributed by atoms with E-state index in [1.165, 1.54) is 5.56 Å². The predicted octanol–water partition coefficient (Wildman–Crippen LogP) is 2.48. The van der Waals surface area contributed by atoms with E-state index in [0.717, 1.165) is 29.6 Å². The summed E-state index contributed by atoms with van der Waals surface area (Å²) in [6.45, 7) is 2.68. The van der Waals surface area contributed by atoms with Gasteiger partial charge >= 0.3 is 0 Å². The van der Waals surface area contributed by atoms with Gasteiger partial charge in [-0.1, -0.05) is 17.7 Å². The highest BCUT2D eigenvalue weighted by Gasteiger charge is 2.05. The summed E-state index contributed by atoms with van der Waals surface area (Å²) in [5.41, 5.74) is 7.55. The molecule has 0 radical (unpaired) electrons. The smallest absolute Gasteiger partial charge is 0.140 e. The van der Waals surface area contributed by atoms with Crippen LogP contribution in [-0.2, 0) is 6.42 Å². The highest BCUT2D eigenvalue weighted by Crippen LogP contribution is 2.21. The summed E-state index contributed by atoms with van der Waals surface area (Å²) in [6, 6.07) is 5.99. The third kappa shape index (κ3) is 2.31. The summed E-state index contributed by atoms with van der Waals surface area (Å²) in [7, 11) is 0. The van der Waals surface area contributed by atoms with E-state index in [0.29, 0.717) is 11.7 Å². The van der Waals surface area contributed by atoms with Crippen LogP contribution in [0.3, 0.4) is 0 Å². The molecule has 1 aromatic heterocycles. The number of halogens is 1. The Bertz CT molecular complexity index is 511. The highest BCUT2D eigenvalue weighted by atomic mass is 35.5. The molecule has 0 fully saturated rings. The monoisotopic (exact) mass is 235 g/mol. The number of fused-ring (bicyclic) bond motifs is 1. The number of rotatable bonds is 3. The largest absolute Gasteiger partial charge is 0.330 e. The minimum atomic E-state index is 0.525. The summed E-state index contributed by atoms with van der Waals surface area (Å²) in [4.78, 5) is 8.75. The van der Waals surface area contributed by atoms with E-state index in [1.807, 2.05) is 25.1 Å². The fourth-order valence-corrected chi connectivity index (χ4v) is 1.88. The van der Waals surface area contributed by atoms with Gasteiger partial charge < -0.3 is 5.73 Å². The number of benzene rings is 1. The van der Waals surface area contributed by atoms with E-state index >= 15 is 0 Å². The van der Waals surface area contributed by atoms with Crippen molar-refractivity contribution in [1.82, 2.24) is 9.97 Å². The number of hydrogen-bond acceptors (Lipinski definition) is 3. The van der Waals surface area contributed by atoms with Crippen molar-refractivity contribution in [3.05, 3.63) is 34.7 Å². The lowest BCUT2D eigenvalue weighted by Crippen LogP contribution is -2.03. The zero-order chi connectivity index (χ0) is 11.5. The lowest BCUT2D eigenvalue weighted by atomic mass is 10.2. The second kappa shape index (κ2) is 4.76. The van der Waals surface area contributed by atoms with E-state index in [4.69, 9.17) is 17.3 Å². The average molecular weight is 236 g/mol. The van der Waals surface area contributed by atoms with Gasteiger partial charge in [-0.2, -0.15) is 0 Å². The van der Waals surface area contributed by atoms with Crippen LogP contribution in [0.1, 0.15) is 17.8 Å². The lowest BCUT2D eigenvalue weighted by molar-refractivity contribution is 0.786. The van der Waals surface area contributed by atoms with Crippen LogP contribution in [-0.4, -0.2) is 16.5 Å². The molecule has 0 unspecified atom stereocenters. The Balaban J connectivity index is 2.47. The molecule has 0 aliphatic rings. The molecule has 0 bridgehead atoms. The van der Waals surface area contributed by atoms with Crippen LogP contribution in [0.15, 0.2) is 18.2 Å². The Morgan fingerprint density at radius 2 is 2.12 bits per heavy atom. The van der Waals surface area contributed by atoms with Crippen LogP contribution in [0.4, 0.5) is 0 Å². The van der Waals surface area contributed by atoms with Gasteiger partial charge in [0.05, 0.1) is 5.52 Å². The first kappa shape index (κ1) is 11.3. The fraction of sp³-hybridized carbons (Fsp3) is 0.333. The van der Waals surface area contributed by atoms with E-state index in [2.05, 4.69) is 9.97 Å². The second-order valence-corrected chi connectivity index (χ2v) is 4.20. The molecule has 0 aliphatic heterocycles. The number of aromatic nitrogens is 2.